The Balaban J connectivity index is 2.07. The highest BCUT2D eigenvalue weighted by atomic mass is 19.1. The lowest BCUT2D eigenvalue weighted by atomic mass is 10.1. The molecular weight excluding hydrogens is 321 g/mol. The summed E-state index contributed by atoms with van der Waals surface area (Å²) in [6.07, 6.45) is 0. The zero-order chi connectivity index (χ0) is 18.0. The lowest BCUT2D eigenvalue weighted by Gasteiger charge is -2.20. The molecule has 3 rings (SSSR count). The van der Waals surface area contributed by atoms with Crippen LogP contribution in [0.25, 0.3) is 10.9 Å². The molecule has 0 fully saturated rings. The fourth-order valence-corrected chi connectivity index (χ4v) is 2.93. The van der Waals surface area contributed by atoms with Gasteiger partial charge in [-0.05, 0) is 24.6 Å². The quantitative estimate of drug-likeness (QED) is 0.694. The van der Waals surface area contributed by atoms with Crippen molar-refractivity contribution in [3.8, 4) is 0 Å². The summed E-state index contributed by atoms with van der Waals surface area (Å²) in [7, 11) is 1.86. The minimum atomic E-state index is -0.562. The number of aromatic amines is 1. The number of carbonyl (C=O) groups excluding carboxylic acids is 1. The molecule has 0 saturated heterocycles. The molecule has 0 atom stereocenters. The third kappa shape index (κ3) is 3.28. The minimum absolute atomic E-state index is 0.172. The summed E-state index contributed by atoms with van der Waals surface area (Å²) in [5.41, 5.74) is 8.46. The molecule has 1 heterocycles. The summed E-state index contributed by atoms with van der Waals surface area (Å²) in [4.78, 5) is 17.1. The second kappa shape index (κ2) is 6.84. The molecule has 1 aromatic heterocycles. The van der Waals surface area contributed by atoms with E-state index < -0.39 is 11.8 Å². The van der Waals surface area contributed by atoms with Gasteiger partial charge in [0, 0.05) is 19.0 Å². The average molecular weight is 341 g/mol. The number of nitrogens with one attached hydrogen (secondary N) is 1. The highest BCUT2D eigenvalue weighted by Gasteiger charge is 2.22. The molecule has 6 heteroatoms. The van der Waals surface area contributed by atoms with Crippen molar-refractivity contribution in [2.75, 3.05) is 24.3 Å². The van der Waals surface area contributed by atoms with Gasteiger partial charge in [0.15, 0.2) is 0 Å². The second-order valence-electron chi connectivity index (χ2n) is 5.82. The van der Waals surface area contributed by atoms with Crippen molar-refractivity contribution in [3.05, 3.63) is 59.4 Å². The Morgan fingerprint density at radius 2 is 2.00 bits per heavy atom. The standard InChI is InChI=1S/C19H20FN3O2/c1-3-25-19(24)16-14-9-13(20)10-15(17(14)22-18(16)21)23(2)11-12-7-5-4-6-8-12/h4-10,22H,3,11,21H2,1-2H3. The maximum atomic E-state index is 14.2. The van der Waals surface area contributed by atoms with Crippen LogP contribution in [0.2, 0.25) is 0 Å². The van der Waals surface area contributed by atoms with Crippen LogP contribution in [-0.4, -0.2) is 24.6 Å². The number of aromatic nitrogens is 1. The molecule has 5 nitrogen and oxygen atoms in total. The van der Waals surface area contributed by atoms with Crippen molar-refractivity contribution in [1.82, 2.24) is 4.98 Å². The fraction of sp³-hybridized carbons (Fsp3) is 0.211. The van der Waals surface area contributed by atoms with Crippen molar-refractivity contribution in [3.63, 3.8) is 0 Å². The third-order valence-corrected chi connectivity index (χ3v) is 4.03. The van der Waals surface area contributed by atoms with E-state index in [1.807, 2.05) is 42.3 Å². The Morgan fingerprint density at radius 1 is 1.28 bits per heavy atom. The highest BCUT2D eigenvalue weighted by Crippen LogP contribution is 2.33. The molecule has 0 radical (unpaired) electrons. The van der Waals surface area contributed by atoms with Crippen molar-refractivity contribution >= 4 is 28.4 Å². The normalized spacial score (nSPS) is 10.8. The number of hydrogen-bond acceptors (Lipinski definition) is 4. The van der Waals surface area contributed by atoms with Gasteiger partial charge in [0.05, 0.1) is 17.8 Å². The number of carbonyl (C=O) groups is 1. The van der Waals surface area contributed by atoms with Gasteiger partial charge in [-0.2, -0.15) is 0 Å². The first-order chi connectivity index (χ1) is 12.0. The Labute approximate surface area is 145 Å². The van der Waals surface area contributed by atoms with Gasteiger partial charge in [0.2, 0.25) is 0 Å². The van der Waals surface area contributed by atoms with Gasteiger partial charge in [-0.25, -0.2) is 9.18 Å². The largest absolute Gasteiger partial charge is 0.462 e. The molecule has 3 aromatic rings. The predicted octanol–water partition coefficient (Wildman–Crippen LogP) is 3.70. The van der Waals surface area contributed by atoms with Crippen LogP contribution in [0.5, 0.6) is 0 Å². The SMILES string of the molecule is CCOC(=O)c1c(N)[nH]c2c(N(C)Cc3ccccc3)cc(F)cc12. The number of ether oxygens (including phenoxy) is 1. The molecular formula is C19H20FN3O2. The van der Waals surface area contributed by atoms with Gasteiger partial charge < -0.3 is 20.4 Å². The first kappa shape index (κ1) is 16.8. The van der Waals surface area contributed by atoms with Crippen molar-refractivity contribution < 1.29 is 13.9 Å². The maximum absolute atomic E-state index is 14.2. The number of anilines is 2. The Bertz CT molecular complexity index is 906. The molecule has 0 unspecified atom stereocenters. The van der Waals surface area contributed by atoms with Crippen molar-refractivity contribution in [2.45, 2.75) is 13.5 Å². The molecule has 0 saturated carbocycles. The Hall–Kier alpha value is -3.02. The number of rotatable bonds is 5. The number of nitrogen functional groups attached to an aromatic ring is 1. The van der Waals surface area contributed by atoms with E-state index in [0.717, 1.165) is 5.56 Å². The summed E-state index contributed by atoms with van der Waals surface area (Å²) >= 11 is 0. The highest BCUT2D eigenvalue weighted by molar-refractivity contribution is 6.11. The average Bonchev–Trinajstić information content (AvgIpc) is 2.91. The van der Waals surface area contributed by atoms with E-state index in [9.17, 15) is 9.18 Å². The zero-order valence-corrected chi connectivity index (χ0v) is 14.2. The number of nitrogens with zero attached hydrogens (tertiary/aromatic N) is 1. The first-order valence-corrected chi connectivity index (χ1v) is 8.04. The van der Waals surface area contributed by atoms with Gasteiger partial charge in [-0.15, -0.1) is 0 Å². The summed E-state index contributed by atoms with van der Waals surface area (Å²) in [6.45, 7) is 2.52. The number of H-pyrrole nitrogens is 1. The van der Waals surface area contributed by atoms with Crippen LogP contribution >= 0.6 is 0 Å². The predicted molar refractivity (Wildman–Crippen MR) is 97.2 cm³/mol. The van der Waals surface area contributed by atoms with E-state index in [1.54, 1.807) is 6.92 Å². The summed E-state index contributed by atoms with van der Waals surface area (Å²) in [5.74, 6) is -0.825. The van der Waals surface area contributed by atoms with Gasteiger partial charge in [-0.1, -0.05) is 30.3 Å². The number of fused-ring (bicyclic) bond motifs is 1. The maximum Gasteiger partial charge on any atom is 0.342 e. The zero-order valence-electron chi connectivity index (χ0n) is 14.2. The van der Waals surface area contributed by atoms with Gasteiger partial charge >= 0.3 is 5.97 Å². The monoisotopic (exact) mass is 341 g/mol. The second-order valence-corrected chi connectivity index (χ2v) is 5.82. The van der Waals surface area contributed by atoms with E-state index in [0.29, 0.717) is 23.1 Å². The van der Waals surface area contributed by atoms with Crippen LogP contribution in [0.1, 0.15) is 22.8 Å². The number of hydrogen-bond donors (Lipinski definition) is 2. The minimum Gasteiger partial charge on any atom is -0.462 e. The summed E-state index contributed by atoms with van der Waals surface area (Å²) in [6, 6.07) is 12.6. The number of nitrogens with two attached hydrogens (primary N) is 1. The fourth-order valence-electron chi connectivity index (χ4n) is 2.93. The van der Waals surface area contributed by atoms with Crippen LogP contribution < -0.4 is 10.6 Å². The number of esters is 1. The molecule has 0 aliphatic heterocycles. The van der Waals surface area contributed by atoms with Gasteiger partial charge in [0.25, 0.3) is 0 Å². The van der Waals surface area contributed by atoms with E-state index >= 15 is 0 Å². The molecule has 0 aliphatic rings. The molecule has 0 bridgehead atoms. The Morgan fingerprint density at radius 3 is 2.68 bits per heavy atom. The smallest absolute Gasteiger partial charge is 0.342 e. The Kier molecular flexibility index (Phi) is 4.61. The van der Waals surface area contributed by atoms with Crippen molar-refractivity contribution in [1.29, 1.82) is 0 Å². The molecule has 0 spiro atoms. The van der Waals surface area contributed by atoms with Crippen LogP contribution in [0.15, 0.2) is 42.5 Å². The molecule has 130 valence electrons. The van der Waals surface area contributed by atoms with Crippen LogP contribution in [0, 0.1) is 5.82 Å². The topological polar surface area (TPSA) is 71.3 Å². The van der Waals surface area contributed by atoms with E-state index in [-0.39, 0.29) is 18.0 Å². The van der Waals surface area contributed by atoms with Crippen molar-refractivity contribution in [2.24, 2.45) is 0 Å². The lowest BCUT2D eigenvalue weighted by molar-refractivity contribution is 0.0530. The number of benzene rings is 2. The molecule has 0 amide bonds. The molecule has 3 N–H and O–H groups in total. The van der Waals surface area contributed by atoms with E-state index in [2.05, 4.69) is 4.98 Å². The van der Waals surface area contributed by atoms with Gasteiger partial charge in [-0.3, -0.25) is 0 Å². The third-order valence-electron chi connectivity index (χ3n) is 4.03. The van der Waals surface area contributed by atoms with E-state index in [1.165, 1.54) is 12.1 Å². The van der Waals surface area contributed by atoms with E-state index in [4.69, 9.17) is 10.5 Å². The number of halogens is 1. The van der Waals surface area contributed by atoms with Crippen LogP contribution in [0.4, 0.5) is 15.9 Å². The molecule has 2 aromatic carbocycles. The van der Waals surface area contributed by atoms with Gasteiger partial charge in [0.1, 0.15) is 17.2 Å². The lowest BCUT2D eigenvalue weighted by Crippen LogP contribution is -2.17. The van der Waals surface area contributed by atoms with Crippen LogP contribution in [-0.2, 0) is 11.3 Å². The molecule has 25 heavy (non-hydrogen) atoms. The van der Waals surface area contributed by atoms with Crippen LogP contribution in [0.3, 0.4) is 0 Å². The molecule has 0 aliphatic carbocycles. The summed E-state index contributed by atoms with van der Waals surface area (Å²) in [5, 5.41) is 0.422. The first-order valence-electron chi connectivity index (χ1n) is 8.04. The summed E-state index contributed by atoms with van der Waals surface area (Å²) < 4.78 is 19.2.